The minimum atomic E-state index is -0.822. The lowest BCUT2D eigenvalue weighted by atomic mass is 9.90. The van der Waals surface area contributed by atoms with Crippen LogP contribution in [-0.4, -0.2) is 42.1 Å². The molecule has 1 N–H and O–H groups in total. The molecular formula is C18H21NO4S. The van der Waals surface area contributed by atoms with Crippen LogP contribution in [0, 0.1) is 18.8 Å². The number of ether oxygens (including phenoxy) is 1. The summed E-state index contributed by atoms with van der Waals surface area (Å²) >= 11 is 1.46. The average molecular weight is 347 g/mol. The average Bonchev–Trinajstić information content (AvgIpc) is 2.89. The SMILES string of the molecule is COc1ccc2sc(C(=O)N3CC(C)CC(C(=O)O)C3)c(C)c2c1. The Labute approximate surface area is 144 Å². The molecule has 2 heterocycles. The predicted octanol–water partition coefficient (Wildman–Crippen LogP) is 3.40. The molecule has 0 spiro atoms. The number of carbonyl (C=O) groups is 2. The fourth-order valence-electron chi connectivity index (χ4n) is 3.37. The number of hydrogen-bond donors (Lipinski definition) is 1. The lowest BCUT2D eigenvalue weighted by Crippen LogP contribution is -2.45. The van der Waals surface area contributed by atoms with Gasteiger partial charge in [-0.2, -0.15) is 0 Å². The highest BCUT2D eigenvalue weighted by Crippen LogP contribution is 2.35. The van der Waals surface area contributed by atoms with Gasteiger partial charge in [0.05, 0.1) is 17.9 Å². The summed E-state index contributed by atoms with van der Waals surface area (Å²) in [6.07, 6.45) is 0.627. The molecule has 1 fully saturated rings. The van der Waals surface area contributed by atoms with Gasteiger partial charge in [0.2, 0.25) is 0 Å². The van der Waals surface area contributed by atoms with E-state index in [2.05, 4.69) is 0 Å². The van der Waals surface area contributed by atoms with Crippen molar-refractivity contribution >= 4 is 33.3 Å². The number of carboxylic acids is 1. The number of methoxy groups -OCH3 is 1. The topological polar surface area (TPSA) is 66.8 Å². The normalized spacial score (nSPS) is 21.0. The molecule has 24 heavy (non-hydrogen) atoms. The molecule has 0 bridgehead atoms. The van der Waals surface area contributed by atoms with Gasteiger partial charge in [-0.05, 0) is 48.4 Å². The van der Waals surface area contributed by atoms with Crippen LogP contribution < -0.4 is 4.74 Å². The minimum Gasteiger partial charge on any atom is -0.497 e. The zero-order chi connectivity index (χ0) is 17.4. The summed E-state index contributed by atoms with van der Waals surface area (Å²) in [5.74, 6) is -0.409. The Morgan fingerprint density at radius 2 is 2.08 bits per heavy atom. The maximum absolute atomic E-state index is 13.0. The number of hydrogen-bond acceptors (Lipinski definition) is 4. The van der Waals surface area contributed by atoms with Gasteiger partial charge in [-0.25, -0.2) is 0 Å². The second kappa shape index (κ2) is 6.43. The van der Waals surface area contributed by atoms with E-state index in [1.165, 1.54) is 11.3 Å². The molecule has 1 saturated heterocycles. The fourth-order valence-corrected chi connectivity index (χ4v) is 4.53. The molecule has 3 rings (SSSR count). The first-order chi connectivity index (χ1) is 11.4. The molecule has 128 valence electrons. The molecule has 1 aliphatic heterocycles. The van der Waals surface area contributed by atoms with Crippen LogP contribution in [0.2, 0.25) is 0 Å². The first kappa shape index (κ1) is 16.8. The lowest BCUT2D eigenvalue weighted by molar-refractivity contribution is -0.143. The minimum absolute atomic E-state index is 0.0644. The van der Waals surface area contributed by atoms with Crippen LogP contribution in [0.3, 0.4) is 0 Å². The van der Waals surface area contributed by atoms with E-state index in [-0.39, 0.29) is 18.4 Å². The number of fused-ring (bicyclic) bond motifs is 1. The highest BCUT2D eigenvalue weighted by atomic mass is 32.1. The van der Waals surface area contributed by atoms with Gasteiger partial charge in [0.25, 0.3) is 5.91 Å². The maximum Gasteiger partial charge on any atom is 0.308 e. The lowest BCUT2D eigenvalue weighted by Gasteiger charge is -2.34. The second-order valence-electron chi connectivity index (χ2n) is 6.50. The van der Waals surface area contributed by atoms with E-state index < -0.39 is 11.9 Å². The Hall–Kier alpha value is -2.08. The first-order valence-corrected chi connectivity index (χ1v) is 8.81. The number of benzene rings is 1. The van der Waals surface area contributed by atoms with Gasteiger partial charge in [-0.1, -0.05) is 6.92 Å². The third-order valence-electron chi connectivity index (χ3n) is 4.63. The molecule has 0 radical (unpaired) electrons. The summed E-state index contributed by atoms with van der Waals surface area (Å²) in [6, 6.07) is 5.79. The number of carbonyl (C=O) groups excluding carboxylic acids is 1. The quantitative estimate of drug-likeness (QED) is 0.924. The molecule has 1 amide bonds. The van der Waals surface area contributed by atoms with Crippen molar-refractivity contribution < 1.29 is 19.4 Å². The molecule has 2 unspecified atom stereocenters. The number of likely N-dealkylation sites (tertiary alicyclic amines) is 1. The molecule has 6 heteroatoms. The molecule has 2 aromatic rings. The van der Waals surface area contributed by atoms with Crippen molar-refractivity contribution in [1.29, 1.82) is 0 Å². The van der Waals surface area contributed by atoms with Gasteiger partial charge < -0.3 is 14.7 Å². The van der Waals surface area contributed by atoms with Gasteiger partial charge in [-0.15, -0.1) is 11.3 Å². The van der Waals surface area contributed by atoms with E-state index in [4.69, 9.17) is 4.74 Å². The molecule has 5 nitrogen and oxygen atoms in total. The first-order valence-electron chi connectivity index (χ1n) is 8.00. The van der Waals surface area contributed by atoms with Crippen LogP contribution >= 0.6 is 11.3 Å². The molecular weight excluding hydrogens is 326 g/mol. The zero-order valence-corrected chi connectivity index (χ0v) is 14.9. The summed E-state index contributed by atoms with van der Waals surface area (Å²) in [4.78, 5) is 26.7. The van der Waals surface area contributed by atoms with Crippen LogP contribution in [0.15, 0.2) is 18.2 Å². The number of amides is 1. The molecule has 1 aromatic heterocycles. The van der Waals surface area contributed by atoms with Crippen molar-refractivity contribution in [2.75, 3.05) is 20.2 Å². The zero-order valence-electron chi connectivity index (χ0n) is 14.0. The van der Waals surface area contributed by atoms with E-state index in [1.54, 1.807) is 12.0 Å². The summed E-state index contributed by atoms with van der Waals surface area (Å²) < 4.78 is 6.30. The van der Waals surface area contributed by atoms with Crippen LogP contribution in [0.1, 0.15) is 28.6 Å². The van der Waals surface area contributed by atoms with Crippen molar-refractivity contribution in [3.8, 4) is 5.75 Å². The highest BCUT2D eigenvalue weighted by molar-refractivity contribution is 7.21. The standard InChI is InChI=1S/C18H21NO4S/c1-10-6-12(18(21)22)9-19(8-10)17(20)16-11(2)14-7-13(23-3)4-5-15(14)24-16/h4-5,7,10,12H,6,8-9H2,1-3H3,(H,21,22). The third-order valence-corrected chi connectivity index (χ3v) is 5.89. The van der Waals surface area contributed by atoms with Gasteiger partial charge in [0, 0.05) is 17.8 Å². The smallest absolute Gasteiger partial charge is 0.308 e. The number of nitrogens with zero attached hydrogens (tertiary/aromatic N) is 1. The van der Waals surface area contributed by atoms with Crippen molar-refractivity contribution in [3.05, 3.63) is 28.6 Å². The number of thiophene rings is 1. The molecule has 0 aliphatic carbocycles. The van der Waals surface area contributed by atoms with Gasteiger partial charge >= 0.3 is 5.97 Å². The van der Waals surface area contributed by atoms with Gasteiger partial charge in [0.15, 0.2) is 0 Å². The highest BCUT2D eigenvalue weighted by Gasteiger charge is 2.33. The van der Waals surface area contributed by atoms with Crippen LogP contribution in [-0.2, 0) is 4.79 Å². The summed E-state index contributed by atoms with van der Waals surface area (Å²) in [5, 5.41) is 10.3. The monoisotopic (exact) mass is 347 g/mol. The van der Waals surface area contributed by atoms with Crippen LogP contribution in [0.25, 0.3) is 10.1 Å². The maximum atomic E-state index is 13.0. The Bertz CT molecular complexity index is 798. The Balaban J connectivity index is 1.93. The fraction of sp³-hybridized carbons (Fsp3) is 0.444. The van der Waals surface area contributed by atoms with E-state index in [0.29, 0.717) is 17.8 Å². The summed E-state index contributed by atoms with van der Waals surface area (Å²) in [5.41, 5.74) is 0.934. The summed E-state index contributed by atoms with van der Waals surface area (Å²) in [6.45, 7) is 4.83. The van der Waals surface area contributed by atoms with E-state index >= 15 is 0 Å². The summed E-state index contributed by atoms with van der Waals surface area (Å²) in [7, 11) is 1.62. The largest absolute Gasteiger partial charge is 0.497 e. The number of piperidine rings is 1. The number of carboxylic acid groups (broad SMARTS) is 1. The van der Waals surface area contributed by atoms with Crippen molar-refractivity contribution in [1.82, 2.24) is 4.90 Å². The molecule has 1 aliphatic rings. The Morgan fingerprint density at radius 1 is 1.33 bits per heavy atom. The van der Waals surface area contributed by atoms with Crippen molar-refractivity contribution in [3.63, 3.8) is 0 Å². The number of rotatable bonds is 3. The van der Waals surface area contributed by atoms with Crippen molar-refractivity contribution in [2.45, 2.75) is 20.3 Å². The van der Waals surface area contributed by atoms with E-state index in [0.717, 1.165) is 21.4 Å². The Kier molecular flexibility index (Phi) is 4.49. The van der Waals surface area contributed by atoms with Gasteiger partial charge in [-0.3, -0.25) is 9.59 Å². The second-order valence-corrected chi connectivity index (χ2v) is 7.56. The number of aliphatic carboxylic acids is 1. The number of aryl methyl sites for hydroxylation is 1. The van der Waals surface area contributed by atoms with Crippen LogP contribution in [0.4, 0.5) is 0 Å². The van der Waals surface area contributed by atoms with Crippen molar-refractivity contribution in [2.24, 2.45) is 11.8 Å². The molecule has 0 saturated carbocycles. The van der Waals surface area contributed by atoms with E-state index in [1.807, 2.05) is 32.0 Å². The van der Waals surface area contributed by atoms with Gasteiger partial charge in [0.1, 0.15) is 5.75 Å². The molecule has 1 aromatic carbocycles. The Morgan fingerprint density at radius 3 is 2.75 bits per heavy atom. The molecule has 2 atom stereocenters. The van der Waals surface area contributed by atoms with Crippen LogP contribution in [0.5, 0.6) is 5.75 Å². The van der Waals surface area contributed by atoms with E-state index in [9.17, 15) is 14.7 Å². The third kappa shape index (κ3) is 2.98. The predicted molar refractivity (Wildman–Crippen MR) is 93.9 cm³/mol.